The van der Waals surface area contributed by atoms with Crippen molar-refractivity contribution in [3.05, 3.63) is 23.3 Å². The van der Waals surface area contributed by atoms with E-state index < -0.39 is 30.2 Å². The van der Waals surface area contributed by atoms with Gasteiger partial charge >= 0.3 is 6.18 Å². The maximum absolute atomic E-state index is 13.1. The van der Waals surface area contributed by atoms with Crippen LogP contribution in [0.4, 0.5) is 24.5 Å². The third-order valence-corrected chi connectivity index (χ3v) is 4.19. The second-order valence-electron chi connectivity index (χ2n) is 6.53. The van der Waals surface area contributed by atoms with Crippen LogP contribution in [0.3, 0.4) is 0 Å². The van der Waals surface area contributed by atoms with Crippen LogP contribution < -0.4 is 11.1 Å². The molecule has 7 heteroatoms. The van der Waals surface area contributed by atoms with Crippen molar-refractivity contribution in [2.24, 2.45) is 0 Å². The molecule has 0 bridgehead atoms. The van der Waals surface area contributed by atoms with Gasteiger partial charge in [0.2, 0.25) is 0 Å². The Bertz CT molecular complexity index is 573. The fourth-order valence-electron chi connectivity index (χ4n) is 3.06. The number of hydrogen-bond donors (Lipinski definition) is 4. The van der Waals surface area contributed by atoms with Crippen LogP contribution in [0, 0.1) is 0 Å². The van der Waals surface area contributed by atoms with Crippen molar-refractivity contribution in [3.63, 3.8) is 0 Å². The van der Waals surface area contributed by atoms with Gasteiger partial charge in [-0.1, -0.05) is 13.8 Å². The maximum Gasteiger partial charge on any atom is 0.419 e. The Morgan fingerprint density at radius 3 is 2.45 bits per heavy atom. The lowest BCUT2D eigenvalue weighted by Crippen LogP contribution is -2.52. The van der Waals surface area contributed by atoms with Crippen LogP contribution in [0.15, 0.2) is 12.1 Å². The zero-order chi connectivity index (χ0) is 16.8. The molecule has 1 aromatic rings. The number of halogens is 3. The monoisotopic (exact) mass is 318 g/mol. The number of nitrogen functional groups attached to an aromatic ring is 1. The van der Waals surface area contributed by atoms with Gasteiger partial charge in [-0.25, -0.2) is 0 Å². The quantitative estimate of drug-likeness (QED) is 0.642. The molecule has 0 fully saturated rings. The molecule has 0 aromatic heterocycles. The molecule has 1 aliphatic heterocycles. The SMILES string of the molecule is CC(C)(C[C@@](O)(CO)C(F)(F)F)c1cc(N)cc2c1NCC2. The molecule has 4 nitrogen and oxygen atoms in total. The van der Waals surface area contributed by atoms with Crippen molar-refractivity contribution >= 4 is 11.4 Å². The van der Waals surface area contributed by atoms with Gasteiger partial charge in [-0.15, -0.1) is 0 Å². The fraction of sp³-hybridized carbons (Fsp3) is 0.600. The number of anilines is 2. The molecule has 0 radical (unpaired) electrons. The van der Waals surface area contributed by atoms with Crippen molar-refractivity contribution in [1.82, 2.24) is 0 Å². The summed E-state index contributed by atoms with van der Waals surface area (Å²) in [5.74, 6) is 0. The first-order valence-electron chi connectivity index (χ1n) is 7.07. The van der Waals surface area contributed by atoms with Crippen LogP contribution in [-0.2, 0) is 11.8 Å². The second-order valence-corrected chi connectivity index (χ2v) is 6.53. The molecule has 1 aromatic carbocycles. The lowest BCUT2D eigenvalue weighted by Gasteiger charge is -2.37. The summed E-state index contributed by atoms with van der Waals surface area (Å²) in [4.78, 5) is 0. The van der Waals surface area contributed by atoms with E-state index in [0.29, 0.717) is 17.8 Å². The molecule has 22 heavy (non-hydrogen) atoms. The Kier molecular flexibility index (Phi) is 4.08. The number of rotatable bonds is 4. The van der Waals surface area contributed by atoms with E-state index >= 15 is 0 Å². The molecule has 124 valence electrons. The third-order valence-electron chi connectivity index (χ3n) is 4.19. The standard InChI is InChI=1S/C15H21F3N2O2/c1-13(2,7-14(22,8-21)15(16,17)18)11-6-10(19)5-9-3-4-20-12(9)11/h5-6,20-22H,3-4,7-8,19H2,1-2H3/t14-/m1/s1. The predicted octanol–water partition coefficient (Wildman–Crippen LogP) is 2.19. The van der Waals surface area contributed by atoms with Crippen LogP contribution >= 0.6 is 0 Å². The summed E-state index contributed by atoms with van der Waals surface area (Å²) in [7, 11) is 0. The normalized spacial score (nSPS) is 17.8. The van der Waals surface area contributed by atoms with Gasteiger partial charge in [0.25, 0.3) is 0 Å². The smallest absolute Gasteiger partial charge is 0.399 e. The number of benzene rings is 1. The molecule has 0 saturated carbocycles. The summed E-state index contributed by atoms with van der Waals surface area (Å²) >= 11 is 0. The molecule has 0 spiro atoms. The summed E-state index contributed by atoms with van der Waals surface area (Å²) < 4.78 is 39.2. The number of aliphatic hydroxyl groups is 2. The molecule has 5 N–H and O–H groups in total. The molecule has 0 aliphatic carbocycles. The van der Waals surface area contributed by atoms with Gasteiger partial charge in [0.15, 0.2) is 5.60 Å². The van der Waals surface area contributed by atoms with E-state index in [1.807, 2.05) is 0 Å². The van der Waals surface area contributed by atoms with Crippen molar-refractivity contribution in [3.8, 4) is 0 Å². The summed E-state index contributed by atoms with van der Waals surface area (Å²) in [6.07, 6.45) is -4.81. The van der Waals surface area contributed by atoms with Gasteiger partial charge < -0.3 is 21.3 Å². The molecular weight excluding hydrogens is 297 g/mol. The first-order chi connectivity index (χ1) is 10.00. The summed E-state index contributed by atoms with van der Waals surface area (Å²) in [5.41, 5.74) is 4.52. The molecule has 0 amide bonds. The molecule has 2 rings (SSSR count). The van der Waals surface area contributed by atoms with Gasteiger partial charge in [-0.05, 0) is 41.5 Å². The van der Waals surface area contributed by atoms with Crippen molar-refractivity contribution in [1.29, 1.82) is 0 Å². The average Bonchev–Trinajstić information content (AvgIpc) is 2.83. The van der Waals surface area contributed by atoms with Crippen LogP contribution in [-0.4, -0.2) is 35.1 Å². The zero-order valence-electron chi connectivity index (χ0n) is 12.6. The molecule has 1 aliphatic rings. The first-order valence-corrected chi connectivity index (χ1v) is 7.07. The van der Waals surface area contributed by atoms with Crippen LogP contribution in [0.25, 0.3) is 0 Å². The highest BCUT2D eigenvalue weighted by molar-refractivity contribution is 5.68. The maximum atomic E-state index is 13.1. The van der Waals surface area contributed by atoms with E-state index in [1.54, 1.807) is 26.0 Å². The second kappa shape index (κ2) is 5.31. The number of nitrogens with two attached hydrogens (primary N) is 1. The minimum absolute atomic E-state index is 0.477. The van der Waals surface area contributed by atoms with Crippen LogP contribution in [0.2, 0.25) is 0 Å². The van der Waals surface area contributed by atoms with E-state index in [1.165, 1.54) is 0 Å². The molecule has 1 atom stereocenters. The van der Waals surface area contributed by atoms with Gasteiger partial charge in [0, 0.05) is 17.9 Å². The summed E-state index contributed by atoms with van der Waals surface area (Å²) in [5, 5.41) is 22.1. The van der Waals surface area contributed by atoms with Gasteiger partial charge in [0.05, 0.1) is 6.61 Å². The third kappa shape index (κ3) is 2.87. The van der Waals surface area contributed by atoms with E-state index in [0.717, 1.165) is 17.7 Å². The lowest BCUT2D eigenvalue weighted by atomic mass is 9.74. The number of hydrogen-bond acceptors (Lipinski definition) is 4. The Labute approximate surface area is 127 Å². The van der Waals surface area contributed by atoms with Crippen LogP contribution in [0.1, 0.15) is 31.4 Å². The highest BCUT2D eigenvalue weighted by Gasteiger charge is 2.56. The number of alkyl halides is 3. The number of aliphatic hydroxyl groups excluding tert-OH is 1. The van der Waals surface area contributed by atoms with E-state index in [9.17, 15) is 18.3 Å². The van der Waals surface area contributed by atoms with E-state index in [2.05, 4.69) is 5.32 Å². The summed E-state index contributed by atoms with van der Waals surface area (Å²) in [6, 6.07) is 3.43. The fourth-order valence-corrected chi connectivity index (χ4v) is 3.06. The Morgan fingerprint density at radius 2 is 1.91 bits per heavy atom. The van der Waals surface area contributed by atoms with Gasteiger partial charge in [-0.3, -0.25) is 0 Å². The number of fused-ring (bicyclic) bond motifs is 1. The van der Waals surface area contributed by atoms with E-state index in [4.69, 9.17) is 10.8 Å². The largest absolute Gasteiger partial charge is 0.419 e. The topological polar surface area (TPSA) is 78.5 Å². The van der Waals surface area contributed by atoms with Crippen molar-refractivity contribution in [2.75, 3.05) is 24.2 Å². The molecular formula is C15H21F3N2O2. The predicted molar refractivity (Wildman–Crippen MR) is 78.8 cm³/mol. The summed E-state index contributed by atoms with van der Waals surface area (Å²) in [6.45, 7) is 2.53. The van der Waals surface area contributed by atoms with Crippen LogP contribution in [0.5, 0.6) is 0 Å². The first kappa shape index (κ1) is 16.9. The van der Waals surface area contributed by atoms with E-state index in [-0.39, 0.29) is 0 Å². The zero-order valence-corrected chi connectivity index (χ0v) is 12.6. The van der Waals surface area contributed by atoms with Gasteiger partial charge in [-0.2, -0.15) is 13.2 Å². The minimum Gasteiger partial charge on any atom is -0.399 e. The van der Waals surface area contributed by atoms with Gasteiger partial charge in [0.1, 0.15) is 0 Å². The highest BCUT2D eigenvalue weighted by Crippen LogP contribution is 2.44. The Balaban J connectivity index is 2.43. The average molecular weight is 318 g/mol. The Morgan fingerprint density at radius 1 is 1.27 bits per heavy atom. The van der Waals surface area contributed by atoms with Crippen molar-refractivity contribution in [2.45, 2.75) is 43.9 Å². The lowest BCUT2D eigenvalue weighted by molar-refractivity contribution is -0.277. The highest BCUT2D eigenvalue weighted by atomic mass is 19.4. The molecule has 0 unspecified atom stereocenters. The van der Waals surface area contributed by atoms with Crippen molar-refractivity contribution < 1.29 is 23.4 Å². The minimum atomic E-state index is -4.91. The molecule has 0 saturated heterocycles. The Hall–Kier alpha value is -1.47. The molecule has 1 heterocycles. The number of nitrogens with one attached hydrogen (secondary N) is 1.